The van der Waals surface area contributed by atoms with Gasteiger partial charge in [0, 0.05) is 18.7 Å². The summed E-state index contributed by atoms with van der Waals surface area (Å²) >= 11 is 0. The number of aromatic nitrogens is 5. The lowest BCUT2D eigenvalue weighted by Gasteiger charge is -2.17. The molecule has 2 aliphatic rings. The molecule has 3 aromatic heterocycles. The van der Waals surface area contributed by atoms with E-state index in [1.165, 1.54) is 19.2 Å². The summed E-state index contributed by atoms with van der Waals surface area (Å²) in [6.07, 6.45) is -6.91. The van der Waals surface area contributed by atoms with Crippen molar-refractivity contribution in [1.29, 1.82) is 0 Å². The Morgan fingerprint density at radius 2 is 2.14 bits per heavy atom. The smallest absolute Gasteiger partial charge is 0.434 e. The number of nitrogens with one attached hydrogen (secondary N) is 3. The van der Waals surface area contributed by atoms with Gasteiger partial charge in [-0.3, -0.25) is 5.10 Å². The second-order valence-corrected chi connectivity index (χ2v) is 9.03. The highest BCUT2D eigenvalue weighted by Crippen LogP contribution is 2.36. The number of halogens is 4. The average molecular weight is 513 g/mol. The minimum atomic E-state index is -4.72. The van der Waals surface area contributed by atoms with Crippen LogP contribution < -0.4 is 10.6 Å². The van der Waals surface area contributed by atoms with Crippen molar-refractivity contribution in [2.24, 2.45) is 0 Å². The molecule has 0 radical (unpaired) electrons. The standard InChI is InChI=1S/C21H23F4N7O4/c1-20(3-4-20)28-19(33)36-13-9-35-17(16(13)22)11-6-15(30-29-11)27-18-12-5-10(8-34-2)31-32(12)7-14(26-18)21(23,24)25/h5-7,13,16-17H,3-4,8-9H2,1-2H3,(H,28,33)(H2,26,27,29,30)/t13-,16+,17-/m0/s1. The number of H-pyrrole nitrogens is 1. The van der Waals surface area contributed by atoms with Crippen LogP contribution in [0.3, 0.4) is 0 Å². The number of carbonyl (C=O) groups excluding carboxylic acids is 1. The third kappa shape index (κ3) is 4.93. The predicted octanol–water partition coefficient (Wildman–Crippen LogP) is 3.42. The Labute approximate surface area is 201 Å². The highest BCUT2D eigenvalue weighted by atomic mass is 19.4. The molecule has 194 valence electrons. The van der Waals surface area contributed by atoms with Gasteiger partial charge in [0.1, 0.15) is 11.6 Å². The Bertz CT molecular complexity index is 1270. The van der Waals surface area contributed by atoms with Gasteiger partial charge in [-0.15, -0.1) is 0 Å². The predicted molar refractivity (Wildman–Crippen MR) is 115 cm³/mol. The first-order valence-corrected chi connectivity index (χ1v) is 11.1. The molecular weight excluding hydrogens is 490 g/mol. The van der Waals surface area contributed by atoms with Crippen molar-refractivity contribution in [3.63, 3.8) is 0 Å². The Morgan fingerprint density at radius 1 is 1.36 bits per heavy atom. The van der Waals surface area contributed by atoms with Gasteiger partial charge in [0.25, 0.3) is 0 Å². The second-order valence-electron chi connectivity index (χ2n) is 9.03. The molecule has 5 rings (SSSR count). The molecule has 0 spiro atoms. The van der Waals surface area contributed by atoms with Crippen LogP contribution in [0.25, 0.3) is 5.52 Å². The van der Waals surface area contributed by atoms with Crippen LogP contribution in [0.5, 0.6) is 0 Å². The summed E-state index contributed by atoms with van der Waals surface area (Å²) in [5.41, 5.74) is -0.614. The number of hydrogen-bond acceptors (Lipinski definition) is 8. The van der Waals surface area contributed by atoms with Gasteiger partial charge in [0.05, 0.1) is 30.8 Å². The minimum absolute atomic E-state index is 0.0767. The van der Waals surface area contributed by atoms with Crippen molar-refractivity contribution in [3.05, 3.63) is 35.4 Å². The van der Waals surface area contributed by atoms with Crippen molar-refractivity contribution in [2.75, 3.05) is 19.0 Å². The molecule has 15 heteroatoms. The number of methoxy groups -OCH3 is 1. The highest BCUT2D eigenvalue weighted by molar-refractivity contribution is 5.73. The van der Waals surface area contributed by atoms with Crippen molar-refractivity contribution in [1.82, 2.24) is 30.1 Å². The lowest BCUT2D eigenvalue weighted by molar-refractivity contribution is -0.141. The number of anilines is 2. The van der Waals surface area contributed by atoms with Gasteiger partial charge in [-0.25, -0.2) is 18.7 Å². The maximum atomic E-state index is 15.0. The highest BCUT2D eigenvalue weighted by Gasteiger charge is 2.44. The third-order valence-electron chi connectivity index (χ3n) is 5.99. The van der Waals surface area contributed by atoms with Crippen molar-refractivity contribution < 1.29 is 36.6 Å². The van der Waals surface area contributed by atoms with Crippen LogP contribution in [-0.4, -0.2) is 62.4 Å². The maximum absolute atomic E-state index is 15.0. The van der Waals surface area contributed by atoms with Gasteiger partial charge in [0.15, 0.2) is 29.6 Å². The maximum Gasteiger partial charge on any atom is 0.434 e. The van der Waals surface area contributed by atoms with Crippen molar-refractivity contribution in [3.8, 4) is 0 Å². The van der Waals surface area contributed by atoms with E-state index in [1.54, 1.807) is 0 Å². The monoisotopic (exact) mass is 513 g/mol. The number of carbonyl (C=O) groups is 1. The van der Waals surface area contributed by atoms with Crippen LogP contribution in [-0.2, 0) is 27.0 Å². The molecule has 3 aromatic rings. The van der Waals surface area contributed by atoms with E-state index in [2.05, 4.69) is 30.9 Å². The van der Waals surface area contributed by atoms with E-state index >= 15 is 0 Å². The largest absolute Gasteiger partial charge is 0.441 e. The number of hydrogen-bond donors (Lipinski definition) is 3. The number of ether oxygens (including phenoxy) is 3. The van der Waals surface area contributed by atoms with E-state index in [0.29, 0.717) is 5.69 Å². The van der Waals surface area contributed by atoms with E-state index in [0.717, 1.165) is 23.6 Å². The number of amides is 1. The lowest BCUT2D eigenvalue weighted by atomic mass is 10.1. The Kier molecular flexibility index (Phi) is 5.98. The molecule has 4 heterocycles. The van der Waals surface area contributed by atoms with Gasteiger partial charge >= 0.3 is 12.3 Å². The summed E-state index contributed by atoms with van der Waals surface area (Å²) in [5.74, 6) is -0.0823. The molecule has 1 aliphatic carbocycles. The first-order valence-electron chi connectivity index (χ1n) is 11.1. The topological polar surface area (TPSA) is 128 Å². The molecule has 0 aromatic carbocycles. The molecule has 3 atom stereocenters. The average Bonchev–Trinajstić information content (AvgIpc) is 3.14. The molecular formula is C21H23F4N7O4. The fraction of sp³-hybridized carbons (Fsp3) is 0.524. The first kappa shape index (κ1) is 24.2. The lowest BCUT2D eigenvalue weighted by Crippen LogP contribution is -2.39. The number of alkyl carbamates (subject to hydrolysis) is 1. The number of nitrogens with zero attached hydrogens (tertiary/aromatic N) is 4. The Balaban J connectivity index is 1.32. The molecule has 3 N–H and O–H groups in total. The van der Waals surface area contributed by atoms with Crippen molar-refractivity contribution >= 4 is 23.2 Å². The van der Waals surface area contributed by atoms with E-state index < -0.39 is 36.3 Å². The molecule has 2 fully saturated rings. The molecule has 36 heavy (non-hydrogen) atoms. The van der Waals surface area contributed by atoms with Crippen LogP contribution in [0.2, 0.25) is 0 Å². The van der Waals surface area contributed by atoms with Gasteiger partial charge in [-0.2, -0.15) is 23.4 Å². The van der Waals surface area contributed by atoms with Crippen LogP contribution >= 0.6 is 0 Å². The molecule has 0 unspecified atom stereocenters. The summed E-state index contributed by atoms with van der Waals surface area (Å²) in [7, 11) is 1.44. The van der Waals surface area contributed by atoms with Gasteiger partial charge in [0.2, 0.25) is 0 Å². The summed E-state index contributed by atoms with van der Waals surface area (Å²) in [6.45, 7) is 1.79. The third-order valence-corrected chi connectivity index (χ3v) is 5.99. The molecule has 1 amide bonds. The number of alkyl halides is 4. The molecule has 1 saturated carbocycles. The summed E-state index contributed by atoms with van der Waals surface area (Å²) in [6, 6.07) is 2.91. The zero-order valence-electron chi connectivity index (χ0n) is 19.2. The van der Waals surface area contributed by atoms with Crippen LogP contribution in [0, 0.1) is 0 Å². The first-order chi connectivity index (χ1) is 17.0. The van der Waals surface area contributed by atoms with E-state index in [4.69, 9.17) is 14.2 Å². The van der Waals surface area contributed by atoms with Gasteiger partial charge in [-0.05, 0) is 25.8 Å². The summed E-state index contributed by atoms with van der Waals surface area (Å²) in [5, 5.41) is 16.1. The quantitative estimate of drug-likeness (QED) is 0.410. The fourth-order valence-electron chi connectivity index (χ4n) is 3.82. The zero-order chi connectivity index (χ0) is 25.7. The molecule has 11 nitrogen and oxygen atoms in total. The SMILES string of the molecule is COCc1cc2c(Nc3cc([C@@H]4OC[C@H](OC(=O)NC5(C)CC5)[C@H]4F)[nH]n3)nc(C(F)(F)F)cn2n1. The second kappa shape index (κ2) is 8.89. The summed E-state index contributed by atoms with van der Waals surface area (Å²) in [4.78, 5) is 15.7. The van der Waals surface area contributed by atoms with E-state index in [9.17, 15) is 22.4 Å². The molecule has 1 aliphatic heterocycles. The Hall–Kier alpha value is -3.46. The van der Waals surface area contributed by atoms with E-state index in [-0.39, 0.29) is 41.6 Å². The van der Waals surface area contributed by atoms with Crippen molar-refractivity contribution in [2.45, 2.75) is 56.5 Å². The fourth-order valence-corrected chi connectivity index (χ4v) is 3.82. The molecule has 0 bridgehead atoms. The minimum Gasteiger partial charge on any atom is -0.441 e. The van der Waals surface area contributed by atoms with Gasteiger partial charge < -0.3 is 24.8 Å². The number of fused-ring (bicyclic) bond motifs is 1. The summed E-state index contributed by atoms with van der Waals surface area (Å²) < 4.78 is 71.8. The number of aromatic amines is 1. The van der Waals surface area contributed by atoms with Crippen LogP contribution in [0.4, 0.5) is 34.0 Å². The molecule has 1 saturated heterocycles. The normalized spacial score (nSPS) is 23.1. The zero-order valence-corrected chi connectivity index (χ0v) is 19.2. The van der Waals surface area contributed by atoms with E-state index in [1.807, 2.05) is 6.92 Å². The Morgan fingerprint density at radius 3 is 2.83 bits per heavy atom. The van der Waals surface area contributed by atoms with Gasteiger partial charge in [-0.1, -0.05) is 0 Å². The van der Waals surface area contributed by atoms with Crippen LogP contribution in [0.15, 0.2) is 18.3 Å². The van der Waals surface area contributed by atoms with Crippen LogP contribution in [0.1, 0.15) is 43.0 Å². The number of rotatable bonds is 7.